The van der Waals surface area contributed by atoms with Crippen molar-refractivity contribution in [3.8, 4) is 17.1 Å². The van der Waals surface area contributed by atoms with Crippen molar-refractivity contribution < 1.29 is 9.47 Å². The Bertz CT molecular complexity index is 1470. The van der Waals surface area contributed by atoms with Crippen molar-refractivity contribution in [3.63, 3.8) is 0 Å². The van der Waals surface area contributed by atoms with Crippen molar-refractivity contribution >= 4 is 55.4 Å². The van der Waals surface area contributed by atoms with Crippen LogP contribution in [0.1, 0.15) is 0 Å². The fourth-order valence-corrected chi connectivity index (χ4v) is 5.45. The molecule has 2 aromatic carbocycles. The molecule has 10 heteroatoms. The molecule has 1 fully saturated rings. The highest BCUT2D eigenvalue weighted by Gasteiger charge is 2.17. The molecule has 0 unspecified atom stereocenters. The molecule has 1 saturated heterocycles. The van der Waals surface area contributed by atoms with E-state index >= 15 is 0 Å². The smallest absolute Gasteiger partial charge is 0.163 e. The number of pyridine rings is 1. The number of benzene rings is 2. The SMILES string of the molecule is Clc1c(Nc2nc3c(-c4nnc[nH]4)cccc3c3sccc23)cccc1OCCN1CCOCC1. The minimum atomic E-state index is 0.531. The van der Waals surface area contributed by atoms with Gasteiger partial charge >= 0.3 is 0 Å². The first kappa shape index (κ1) is 22.2. The molecular formula is C25H23ClN6O2S. The summed E-state index contributed by atoms with van der Waals surface area (Å²) in [6, 6.07) is 13.9. The van der Waals surface area contributed by atoms with E-state index in [1.165, 1.54) is 0 Å². The molecule has 1 aliphatic heterocycles. The number of ether oxygens (including phenoxy) is 2. The lowest BCUT2D eigenvalue weighted by atomic mass is 10.1. The highest BCUT2D eigenvalue weighted by Crippen LogP contribution is 2.40. The van der Waals surface area contributed by atoms with Crippen LogP contribution in [0.25, 0.3) is 32.4 Å². The molecule has 5 aromatic rings. The van der Waals surface area contributed by atoms with E-state index in [0.717, 1.165) is 70.9 Å². The summed E-state index contributed by atoms with van der Waals surface area (Å²) < 4.78 is 12.6. The fraction of sp³-hybridized carbons (Fsp3) is 0.240. The molecular weight excluding hydrogens is 484 g/mol. The first-order valence-electron chi connectivity index (χ1n) is 11.4. The molecule has 0 amide bonds. The van der Waals surface area contributed by atoms with E-state index in [1.807, 2.05) is 30.3 Å². The van der Waals surface area contributed by atoms with Crippen molar-refractivity contribution in [2.24, 2.45) is 0 Å². The summed E-state index contributed by atoms with van der Waals surface area (Å²) >= 11 is 8.45. The zero-order valence-corrected chi connectivity index (χ0v) is 20.4. The quantitative estimate of drug-likeness (QED) is 0.308. The average molecular weight is 507 g/mol. The number of fused-ring (bicyclic) bond motifs is 3. The first-order chi connectivity index (χ1) is 17.3. The Labute approximate surface area is 210 Å². The second-order valence-electron chi connectivity index (χ2n) is 8.21. The number of halogens is 1. The van der Waals surface area contributed by atoms with Crippen LogP contribution < -0.4 is 10.1 Å². The Balaban J connectivity index is 1.31. The third-order valence-corrected chi connectivity index (χ3v) is 7.42. The maximum absolute atomic E-state index is 6.77. The van der Waals surface area contributed by atoms with Gasteiger partial charge in [-0.2, -0.15) is 0 Å². The van der Waals surface area contributed by atoms with Gasteiger partial charge < -0.3 is 19.8 Å². The number of nitrogens with zero attached hydrogens (tertiary/aromatic N) is 4. The third-order valence-electron chi connectivity index (χ3n) is 6.08. The highest BCUT2D eigenvalue weighted by atomic mass is 35.5. The molecule has 6 rings (SSSR count). The van der Waals surface area contributed by atoms with Crippen LogP contribution in [0.15, 0.2) is 54.2 Å². The van der Waals surface area contributed by atoms with Gasteiger partial charge in [0.05, 0.1) is 24.4 Å². The van der Waals surface area contributed by atoms with Crippen molar-refractivity contribution in [2.75, 3.05) is 44.8 Å². The Morgan fingerprint density at radius 1 is 1.11 bits per heavy atom. The lowest BCUT2D eigenvalue weighted by Gasteiger charge is -2.26. The van der Waals surface area contributed by atoms with Crippen LogP contribution in [0.4, 0.5) is 11.5 Å². The molecule has 35 heavy (non-hydrogen) atoms. The molecule has 0 atom stereocenters. The second-order valence-corrected chi connectivity index (χ2v) is 9.50. The van der Waals surface area contributed by atoms with Gasteiger partial charge in [-0.1, -0.05) is 29.8 Å². The topological polar surface area (TPSA) is 88.2 Å². The van der Waals surface area contributed by atoms with E-state index in [-0.39, 0.29) is 0 Å². The summed E-state index contributed by atoms with van der Waals surface area (Å²) in [7, 11) is 0. The van der Waals surface area contributed by atoms with Gasteiger partial charge in [0.2, 0.25) is 0 Å². The van der Waals surface area contributed by atoms with Crippen molar-refractivity contribution in [1.82, 2.24) is 25.1 Å². The lowest BCUT2D eigenvalue weighted by molar-refractivity contribution is 0.0322. The number of para-hydroxylation sites is 1. The van der Waals surface area contributed by atoms with E-state index in [4.69, 9.17) is 26.1 Å². The summed E-state index contributed by atoms with van der Waals surface area (Å²) in [5.41, 5.74) is 2.48. The maximum Gasteiger partial charge on any atom is 0.163 e. The summed E-state index contributed by atoms with van der Waals surface area (Å²) in [6.45, 7) is 4.80. The van der Waals surface area contributed by atoms with Crippen molar-refractivity contribution in [2.45, 2.75) is 0 Å². The Hall–Kier alpha value is -3.24. The molecule has 4 heterocycles. The van der Waals surface area contributed by atoms with Gasteiger partial charge in [0.1, 0.15) is 29.5 Å². The van der Waals surface area contributed by atoms with E-state index in [1.54, 1.807) is 17.7 Å². The van der Waals surface area contributed by atoms with E-state index in [2.05, 4.69) is 42.9 Å². The highest BCUT2D eigenvalue weighted by molar-refractivity contribution is 7.18. The van der Waals surface area contributed by atoms with Gasteiger partial charge in [0.25, 0.3) is 0 Å². The average Bonchev–Trinajstić information content (AvgIpc) is 3.60. The molecule has 1 aliphatic rings. The molecule has 0 saturated carbocycles. The number of hydrogen-bond acceptors (Lipinski definition) is 8. The number of H-pyrrole nitrogens is 1. The molecule has 2 N–H and O–H groups in total. The Morgan fingerprint density at radius 2 is 2.00 bits per heavy atom. The third kappa shape index (κ3) is 4.43. The first-order valence-corrected chi connectivity index (χ1v) is 12.7. The van der Waals surface area contributed by atoms with Gasteiger partial charge in [-0.3, -0.25) is 4.90 Å². The monoisotopic (exact) mass is 506 g/mol. The summed E-state index contributed by atoms with van der Waals surface area (Å²) in [6.07, 6.45) is 1.57. The lowest BCUT2D eigenvalue weighted by Crippen LogP contribution is -2.38. The van der Waals surface area contributed by atoms with Gasteiger partial charge in [-0.15, -0.1) is 21.5 Å². The van der Waals surface area contributed by atoms with Crippen LogP contribution in [0, 0.1) is 0 Å². The van der Waals surface area contributed by atoms with Gasteiger partial charge in [0, 0.05) is 40.7 Å². The molecule has 3 aromatic heterocycles. The number of anilines is 2. The minimum Gasteiger partial charge on any atom is -0.491 e. The van der Waals surface area contributed by atoms with E-state index < -0.39 is 0 Å². The molecule has 0 spiro atoms. The molecule has 0 radical (unpaired) electrons. The van der Waals surface area contributed by atoms with Crippen molar-refractivity contribution in [1.29, 1.82) is 0 Å². The largest absolute Gasteiger partial charge is 0.491 e. The number of nitrogens with one attached hydrogen (secondary N) is 2. The number of rotatable bonds is 7. The second kappa shape index (κ2) is 9.79. The maximum atomic E-state index is 6.77. The van der Waals surface area contributed by atoms with Crippen molar-refractivity contribution in [3.05, 3.63) is 59.2 Å². The van der Waals surface area contributed by atoms with Crippen LogP contribution >= 0.6 is 22.9 Å². The van der Waals surface area contributed by atoms with Crippen LogP contribution in [0.5, 0.6) is 5.75 Å². The molecule has 0 aliphatic carbocycles. The van der Waals surface area contributed by atoms with Crippen LogP contribution in [-0.4, -0.2) is 64.5 Å². The van der Waals surface area contributed by atoms with Crippen LogP contribution in [-0.2, 0) is 4.74 Å². The molecule has 8 nitrogen and oxygen atoms in total. The van der Waals surface area contributed by atoms with Gasteiger partial charge in [-0.05, 0) is 29.6 Å². The molecule has 178 valence electrons. The van der Waals surface area contributed by atoms with Gasteiger partial charge in [0.15, 0.2) is 5.82 Å². The number of aromatic amines is 1. The predicted octanol–water partition coefficient (Wildman–Crippen LogP) is 5.34. The Kier molecular flexibility index (Phi) is 6.22. The van der Waals surface area contributed by atoms with Crippen LogP contribution in [0.3, 0.4) is 0 Å². The summed E-state index contributed by atoms with van der Waals surface area (Å²) in [5, 5.41) is 16.3. The van der Waals surface area contributed by atoms with Gasteiger partial charge in [-0.25, -0.2) is 4.98 Å². The Morgan fingerprint density at radius 3 is 2.86 bits per heavy atom. The normalized spacial score (nSPS) is 14.5. The minimum absolute atomic E-state index is 0.531. The summed E-state index contributed by atoms with van der Waals surface area (Å²) in [5.74, 6) is 2.06. The van der Waals surface area contributed by atoms with E-state index in [9.17, 15) is 0 Å². The predicted molar refractivity (Wildman–Crippen MR) is 140 cm³/mol. The fourth-order valence-electron chi connectivity index (χ4n) is 4.30. The zero-order valence-electron chi connectivity index (χ0n) is 18.8. The summed E-state index contributed by atoms with van der Waals surface area (Å²) in [4.78, 5) is 10.4. The number of morpholine rings is 1. The molecule has 0 bridgehead atoms. The number of hydrogen-bond donors (Lipinski definition) is 2. The number of aromatic nitrogens is 4. The standard InChI is InChI=1S/C25H23ClN6O2S/c26-21-19(5-2-6-20(21)34-13-10-32-8-11-33-12-9-32)29-25-18-7-14-35-23(18)16-3-1-4-17(22(16)30-25)24-27-15-28-31-24/h1-7,14-15H,8-13H2,(H,29,30)(H,27,28,31). The number of thiophene rings is 1. The van der Waals surface area contributed by atoms with Crippen LogP contribution in [0.2, 0.25) is 5.02 Å². The van der Waals surface area contributed by atoms with E-state index in [0.29, 0.717) is 23.2 Å². The zero-order chi connectivity index (χ0) is 23.6.